The number of halogens is 2. The third kappa shape index (κ3) is 4.00. The number of anilines is 1. The highest BCUT2D eigenvalue weighted by Gasteiger charge is 2.06. The van der Waals surface area contributed by atoms with Gasteiger partial charge in [-0.25, -0.2) is 0 Å². The van der Waals surface area contributed by atoms with E-state index in [1.165, 1.54) is 0 Å². The Balaban J connectivity index is 0.00000200. The summed E-state index contributed by atoms with van der Waals surface area (Å²) < 4.78 is 0. The number of thiocarbonyl (C=S) groups is 1. The van der Waals surface area contributed by atoms with Crippen LogP contribution in [0, 0.1) is 6.92 Å². The molecule has 104 valence electrons. The van der Waals surface area contributed by atoms with Crippen molar-refractivity contribution >= 4 is 52.1 Å². The number of aromatic nitrogens is 1. The van der Waals surface area contributed by atoms with Crippen LogP contribution in [0.25, 0.3) is 0 Å². The molecule has 1 aromatic carbocycles. The van der Waals surface area contributed by atoms with Gasteiger partial charge in [0, 0.05) is 28.7 Å². The Kier molecular flexibility index (Phi) is 6.07. The first-order chi connectivity index (χ1) is 9.08. The molecule has 0 amide bonds. The average Bonchev–Trinajstić information content (AvgIpc) is 2.39. The number of carbonyl (C=O) groups excluding carboxylic acids is 1. The van der Waals surface area contributed by atoms with E-state index in [1.807, 2.05) is 19.1 Å². The average molecular weight is 327 g/mol. The molecule has 0 aliphatic carbocycles. The molecule has 0 aliphatic heterocycles. The normalized spacial score (nSPS) is 9.50. The lowest BCUT2D eigenvalue weighted by atomic mass is 10.2. The highest BCUT2D eigenvalue weighted by molar-refractivity contribution is 7.81. The minimum Gasteiger partial charge on any atom is -0.346 e. The van der Waals surface area contributed by atoms with Crippen LogP contribution in [0.3, 0.4) is 0 Å². The van der Waals surface area contributed by atoms with Crippen LogP contribution in [0.15, 0.2) is 42.6 Å². The van der Waals surface area contributed by atoms with Crippen LogP contribution in [-0.2, 0) is 0 Å². The third-order valence-corrected chi connectivity index (χ3v) is 3.16. The summed E-state index contributed by atoms with van der Waals surface area (Å²) in [5.41, 5.74) is 3.01. The van der Waals surface area contributed by atoms with Crippen LogP contribution in [0.4, 0.5) is 5.69 Å². The van der Waals surface area contributed by atoms with Crippen molar-refractivity contribution < 1.29 is 4.79 Å². The molecule has 1 heterocycles. The molecular formula is C14H12Cl2N2OS. The number of nitrogens with zero attached hydrogens (tertiary/aromatic N) is 1. The Bertz CT molecular complexity index is 629. The zero-order valence-electron chi connectivity index (χ0n) is 10.6. The van der Waals surface area contributed by atoms with Gasteiger partial charge < -0.3 is 5.32 Å². The van der Waals surface area contributed by atoms with E-state index >= 15 is 0 Å². The Morgan fingerprint density at radius 2 is 1.90 bits per heavy atom. The summed E-state index contributed by atoms with van der Waals surface area (Å²) in [6.45, 7) is 1.90. The van der Waals surface area contributed by atoms with Gasteiger partial charge in [-0.3, -0.25) is 9.78 Å². The molecule has 0 bridgehead atoms. The lowest BCUT2D eigenvalue weighted by Gasteiger charge is -2.09. The maximum absolute atomic E-state index is 11.0. The molecule has 1 N–H and O–H groups in total. The largest absolute Gasteiger partial charge is 0.346 e. The molecule has 0 spiro atoms. The number of nitrogens with one attached hydrogen (secondary N) is 1. The summed E-state index contributed by atoms with van der Waals surface area (Å²) in [4.78, 5) is 15.7. The predicted molar refractivity (Wildman–Crippen MR) is 88.2 cm³/mol. The quantitative estimate of drug-likeness (QED) is 0.684. The number of pyridine rings is 1. The third-order valence-electron chi connectivity index (χ3n) is 2.62. The fourth-order valence-corrected chi connectivity index (χ4v) is 2.07. The van der Waals surface area contributed by atoms with Gasteiger partial charge in [-0.1, -0.05) is 12.2 Å². The summed E-state index contributed by atoms with van der Waals surface area (Å²) in [7, 11) is 0. The molecule has 0 saturated heterocycles. The van der Waals surface area contributed by atoms with Crippen LogP contribution in [0.2, 0.25) is 0 Å². The van der Waals surface area contributed by atoms with Crippen molar-refractivity contribution in [2.75, 3.05) is 5.32 Å². The number of benzene rings is 1. The number of hydrogen-bond donors (Lipinski definition) is 1. The van der Waals surface area contributed by atoms with Crippen LogP contribution < -0.4 is 5.32 Å². The molecule has 2 rings (SSSR count). The molecule has 2 aromatic rings. The first-order valence-corrected chi connectivity index (χ1v) is 6.39. The first kappa shape index (κ1) is 16.6. The van der Waals surface area contributed by atoms with Gasteiger partial charge in [-0.05, 0) is 54.9 Å². The van der Waals surface area contributed by atoms with Crippen molar-refractivity contribution in [3.8, 4) is 0 Å². The predicted octanol–water partition coefficient (Wildman–Crippen LogP) is 3.98. The van der Waals surface area contributed by atoms with Gasteiger partial charge in [0.2, 0.25) is 0 Å². The van der Waals surface area contributed by atoms with E-state index in [9.17, 15) is 4.79 Å². The number of carbonyl (C=O) groups is 1. The zero-order valence-corrected chi connectivity index (χ0v) is 13.0. The molecule has 0 saturated carbocycles. The van der Waals surface area contributed by atoms with E-state index in [1.54, 1.807) is 30.5 Å². The first-order valence-electron chi connectivity index (χ1n) is 5.61. The maximum Gasteiger partial charge on any atom is 0.252 e. The molecule has 6 heteroatoms. The summed E-state index contributed by atoms with van der Waals surface area (Å²) in [6, 6.07) is 10.6. The molecule has 0 atom stereocenters. The second kappa shape index (κ2) is 7.33. The lowest BCUT2D eigenvalue weighted by molar-refractivity contribution is 0.108. The fraction of sp³-hybridized carbons (Fsp3) is 0.0714. The van der Waals surface area contributed by atoms with Crippen LogP contribution >= 0.6 is 36.2 Å². The molecule has 1 aromatic heterocycles. The summed E-state index contributed by atoms with van der Waals surface area (Å²) in [5, 5.41) is 2.63. The lowest BCUT2D eigenvalue weighted by Crippen LogP contribution is -2.12. The molecule has 0 unspecified atom stereocenters. The SMILES string of the molecule is Cc1ncccc1C(=S)Nc1ccc(C(=O)Cl)cc1.Cl. The van der Waals surface area contributed by atoms with E-state index in [2.05, 4.69) is 10.3 Å². The maximum atomic E-state index is 11.0. The fourth-order valence-electron chi connectivity index (χ4n) is 1.61. The van der Waals surface area contributed by atoms with Crippen molar-refractivity contribution in [3.05, 3.63) is 59.4 Å². The van der Waals surface area contributed by atoms with E-state index < -0.39 is 5.24 Å². The van der Waals surface area contributed by atoms with Gasteiger partial charge in [-0.15, -0.1) is 12.4 Å². The van der Waals surface area contributed by atoms with Crippen molar-refractivity contribution in [2.45, 2.75) is 6.92 Å². The molecule has 3 nitrogen and oxygen atoms in total. The summed E-state index contributed by atoms with van der Waals surface area (Å²) in [5.74, 6) is 0. The van der Waals surface area contributed by atoms with E-state index in [-0.39, 0.29) is 12.4 Å². The molecule has 20 heavy (non-hydrogen) atoms. The van der Waals surface area contributed by atoms with Crippen LogP contribution in [0.1, 0.15) is 21.6 Å². The van der Waals surface area contributed by atoms with E-state index in [0.29, 0.717) is 10.6 Å². The van der Waals surface area contributed by atoms with Crippen molar-refractivity contribution in [1.29, 1.82) is 0 Å². The number of hydrogen-bond acceptors (Lipinski definition) is 3. The second-order valence-corrected chi connectivity index (χ2v) is 4.69. The second-order valence-electron chi connectivity index (χ2n) is 3.94. The molecule has 0 aliphatic rings. The summed E-state index contributed by atoms with van der Waals surface area (Å²) >= 11 is 10.7. The van der Waals surface area contributed by atoms with Gasteiger partial charge in [0.25, 0.3) is 5.24 Å². The Hall–Kier alpha value is -1.49. The molecule has 0 fully saturated rings. The topological polar surface area (TPSA) is 42.0 Å². The Labute approximate surface area is 133 Å². The van der Waals surface area contributed by atoms with E-state index in [4.69, 9.17) is 23.8 Å². The highest BCUT2D eigenvalue weighted by atomic mass is 35.5. The zero-order chi connectivity index (χ0) is 13.8. The standard InChI is InChI=1S/C14H11ClN2OS.ClH/c1-9-12(3-2-8-16-9)14(19)17-11-6-4-10(5-7-11)13(15)18;/h2-8H,1H3,(H,17,19);1H. The Morgan fingerprint density at radius 1 is 1.25 bits per heavy atom. The van der Waals surface area contributed by atoms with Gasteiger partial charge in [0.1, 0.15) is 4.99 Å². The van der Waals surface area contributed by atoms with Crippen molar-refractivity contribution in [3.63, 3.8) is 0 Å². The van der Waals surface area contributed by atoms with Crippen LogP contribution in [-0.4, -0.2) is 15.2 Å². The van der Waals surface area contributed by atoms with Gasteiger partial charge in [0.05, 0.1) is 0 Å². The van der Waals surface area contributed by atoms with Gasteiger partial charge >= 0.3 is 0 Å². The highest BCUT2D eigenvalue weighted by Crippen LogP contribution is 2.14. The summed E-state index contributed by atoms with van der Waals surface area (Å²) in [6.07, 6.45) is 1.72. The smallest absolute Gasteiger partial charge is 0.252 e. The minimum absolute atomic E-state index is 0. The molecule has 0 radical (unpaired) electrons. The number of rotatable bonds is 3. The number of aryl methyl sites for hydroxylation is 1. The van der Waals surface area contributed by atoms with Crippen molar-refractivity contribution in [2.24, 2.45) is 0 Å². The van der Waals surface area contributed by atoms with Crippen molar-refractivity contribution in [1.82, 2.24) is 4.98 Å². The van der Waals surface area contributed by atoms with Gasteiger partial charge in [-0.2, -0.15) is 0 Å². The molecular weight excluding hydrogens is 315 g/mol. The Morgan fingerprint density at radius 3 is 2.45 bits per heavy atom. The van der Waals surface area contributed by atoms with Crippen LogP contribution in [0.5, 0.6) is 0 Å². The van der Waals surface area contributed by atoms with E-state index in [0.717, 1.165) is 16.9 Å². The monoisotopic (exact) mass is 326 g/mol. The van der Waals surface area contributed by atoms with Gasteiger partial charge in [0.15, 0.2) is 0 Å². The minimum atomic E-state index is -0.475.